The first-order chi connectivity index (χ1) is 14.6. The molecule has 1 aromatic heterocycles. The Bertz CT molecular complexity index is 887. The van der Waals surface area contributed by atoms with Crippen molar-refractivity contribution in [3.63, 3.8) is 0 Å². The molecule has 0 bridgehead atoms. The number of rotatable bonds is 7. The number of aromatic nitrogens is 1. The normalized spacial score (nSPS) is 16.4. The lowest BCUT2D eigenvalue weighted by Gasteiger charge is -2.20. The van der Waals surface area contributed by atoms with Crippen molar-refractivity contribution in [3.8, 4) is 0 Å². The van der Waals surface area contributed by atoms with E-state index < -0.39 is 0 Å². The first-order valence-corrected chi connectivity index (χ1v) is 10.3. The van der Waals surface area contributed by atoms with Crippen LogP contribution in [-0.2, 0) is 0 Å². The standard InChI is InChI=1S/C22H29FN6O/c1-3-24-22(27-12-11-26-21(30)17-7-4-6-16(2)14-17)28-18-9-13-29(15-18)20-19(23)8-5-10-25-20/h4-8,10,14,18H,3,9,11-13,15H2,1-2H3,(H,26,30)(H2,24,27,28). The van der Waals surface area contributed by atoms with E-state index in [1.165, 1.54) is 6.07 Å². The summed E-state index contributed by atoms with van der Waals surface area (Å²) < 4.78 is 14.0. The molecule has 1 unspecified atom stereocenters. The first-order valence-electron chi connectivity index (χ1n) is 10.3. The van der Waals surface area contributed by atoms with Crippen molar-refractivity contribution in [2.75, 3.05) is 37.6 Å². The lowest BCUT2D eigenvalue weighted by Crippen LogP contribution is -2.45. The topological polar surface area (TPSA) is 81.6 Å². The first kappa shape index (κ1) is 21.5. The van der Waals surface area contributed by atoms with Crippen LogP contribution in [0.4, 0.5) is 10.2 Å². The third-order valence-electron chi connectivity index (χ3n) is 4.86. The van der Waals surface area contributed by atoms with E-state index in [0.29, 0.717) is 37.0 Å². The molecule has 0 radical (unpaired) electrons. The molecular formula is C22H29FN6O. The van der Waals surface area contributed by atoms with E-state index in [2.05, 4.69) is 25.9 Å². The van der Waals surface area contributed by atoms with E-state index in [1.54, 1.807) is 18.3 Å². The number of anilines is 1. The molecule has 30 heavy (non-hydrogen) atoms. The van der Waals surface area contributed by atoms with Gasteiger partial charge < -0.3 is 20.9 Å². The van der Waals surface area contributed by atoms with Crippen LogP contribution >= 0.6 is 0 Å². The number of aryl methyl sites for hydroxylation is 1. The lowest BCUT2D eigenvalue weighted by molar-refractivity contribution is 0.0954. The highest BCUT2D eigenvalue weighted by Crippen LogP contribution is 2.20. The fourth-order valence-electron chi connectivity index (χ4n) is 3.42. The highest BCUT2D eigenvalue weighted by Gasteiger charge is 2.25. The molecule has 1 atom stereocenters. The molecule has 1 amide bonds. The van der Waals surface area contributed by atoms with Gasteiger partial charge in [-0.25, -0.2) is 9.37 Å². The van der Waals surface area contributed by atoms with Crippen LogP contribution in [0.15, 0.2) is 47.6 Å². The van der Waals surface area contributed by atoms with Gasteiger partial charge in [-0.05, 0) is 44.5 Å². The fourth-order valence-corrected chi connectivity index (χ4v) is 3.42. The highest BCUT2D eigenvalue weighted by molar-refractivity contribution is 5.94. The minimum Gasteiger partial charge on any atom is -0.357 e. The van der Waals surface area contributed by atoms with Gasteiger partial charge in [0.15, 0.2) is 17.6 Å². The van der Waals surface area contributed by atoms with Crippen LogP contribution in [0.3, 0.4) is 0 Å². The van der Waals surface area contributed by atoms with Crippen molar-refractivity contribution in [2.24, 2.45) is 4.99 Å². The Morgan fingerprint density at radius 2 is 2.17 bits per heavy atom. The number of pyridine rings is 1. The third kappa shape index (κ3) is 5.92. The minimum absolute atomic E-state index is 0.101. The number of nitrogens with zero attached hydrogens (tertiary/aromatic N) is 3. The second kappa shape index (κ2) is 10.6. The Kier molecular flexibility index (Phi) is 7.59. The number of aliphatic imine (C=N–C) groups is 1. The van der Waals surface area contributed by atoms with Crippen molar-refractivity contribution in [3.05, 3.63) is 59.5 Å². The average Bonchev–Trinajstić information content (AvgIpc) is 3.19. The maximum atomic E-state index is 14.0. The molecule has 1 fully saturated rings. The van der Waals surface area contributed by atoms with E-state index in [0.717, 1.165) is 25.1 Å². The maximum Gasteiger partial charge on any atom is 0.251 e. The maximum absolute atomic E-state index is 14.0. The number of hydrogen-bond acceptors (Lipinski definition) is 4. The van der Waals surface area contributed by atoms with Crippen LogP contribution < -0.4 is 20.9 Å². The molecule has 160 valence electrons. The lowest BCUT2D eigenvalue weighted by atomic mass is 10.1. The molecule has 0 spiro atoms. The van der Waals surface area contributed by atoms with Gasteiger partial charge in [-0.3, -0.25) is 9.79 Å². The molecule has 2 heterocycles. The Morgan fingerprint density at radius 1 is 1.30 bits per heavy atom. The Labute approximate surface area is 176 Å². The van der Waals surface area contributed by atoms with Crippen molar-refractivity contribution in [1.29, 1.82) is 0 Å². The van der Waals surface area contributed by atoms with Gasteiger partial charge >= 0.3 is 0 Å². The molecule has 1 aromatic carbocycles. The van der Waals surface area contributed by atoms with Gasteiger partial charge in [0.05, 0.1) is 6.54 Å². The second-order valence-corrected chi connectivity index (χ2v) is 7.27. The predicted octanol–water partition coefficient (Wildman–Crippen LogP) is 2.09. The number of hydrogen-bond donors (Lipinski definition) is 3. The van der Waals surface area contributed by atoms with Crippen LogP contribution in [0.25, 0.3) is 0 Å². The summed E-state index contributed by atoms with van der Waals surface area (Å²) in [7, 11) is 0. The highest BCUT2D eigenvalue weighted by atomic mass is 19.1. The summed E-state index contributed by atoms with van der Waals surface area (Å²) in [5.74, 6) is 0.678. The Morgan fingerprint density at radius 3 is 2.93 bits per heavy atom. The summed E-state index contributed by atoms with van der Waals surface area (Å²) >= 11 is 0. The van der Waals surface area contributed by atoms with Crippen molar-refractivity contribution in [2.45, 2.75) is 26.3 Å². The number of halogens is 1. The zero-order chi connectivity index (χ0) is 21.3. The molecule has 2 aromatic rings. The van der Waals surface area contributed by atoms with Crippen LogP contribution in [0.1, 0.15) is 29.3 Å². The third-order valence-corrected chi connectivity index (χ3v) is 4.86. The largest absolute Gasteiger partial charge is 0.357 e. The van der Waals surface area contributed by atoms with E-state index in [1.807, 2.05) is 36.9 Å². The molecule has 0 aliphatic carbocycles. The minimum atomic E-state index is -0.303. The van der Waals surface area contributed by atoms with Gasteiger partial charge in [0.25, 0.3) is 5.91 Å². The molecular weight excluding hydrogens is 383 g/mol. The van der Waals surface area contributed by atoms with E-state index in [9.17, 15) is 9.18 Å². The van der Waals surface area contributed by atoms with Gasteiger partial charge in [-0.15, -0.1) is 0 Å². The quantitative estimate of drug-likeness (QED) is 0.369. The van der Waals surface area contributed by atoms with Gasteiger partial charge in [-0.2, -0.15) is 0 Å². The van der Waals surface area contributed by atoms with Gasteiger partial charge in [-0.1, -0.05) is 17.7 Å². The smallest absolute Gasteiger partial charge is 0.251 e. The van der Waals surface area contributed by atoms with Crippen molar-refractivity contribution < 1.29 is 9.18 Å². The summed E-state index contributed by atoms with van der Waals surface area (Å²) in [5.41, 5.74) is 1.70. The Balaban J connectivity index is 1.49. The summed E-state index contributed by atoms with van der Waals surface area (Å²) in [4.78, 5) is 22.9. The zero-order valence-corrected chi connectivity index (χ0v) is 17.5. The SMILES string of the molecule is CCNC(=NCCNC(=O)c1cccc(C)c1)NC1CCN(c2ncccc2F)C1. The van der Waals surface area contributed by atoms with Crippen LogP contribution in [-0.4, -0.2) is 55.6 Å². The monoisotopic (exact) mass is 412 g/mol. The molecule has 7 nitrogen and oxygen atoms in total. The number of carbonyl (C=O) groups is 1. The van der Waals surface area contributed by atoms with Crippen molar-refractivity contribution >= 4 is 17.7 Å². The number of benzene rings is 1. The second-order valence-electron chi connectivity index (χ2n) is 7.27. The number of amides is 1. The van der Waals surface area contributed by atoms with Crippen molar-refractivity contribution in [1.82, 2.24) is 20.9 Å². The molecule has 3 rings (SSSR count). The van der Waals surface area contributed by atoms with Crippen LogP contribution in [0.5, 0.6) is 0 Å². The summed E-state index contributed by atoms with van der Waals surface area (Å²) in [6.07, 6.45) is 2.47. The number of carbonyl (C=O) groups excluding carboxylic acids is 1. The summed E-state index contributed by atoms with van der Waals surface area (Å²) in [6, 6.07) is 10.7. The summed E-state index contributed by atoms with van der Waals surface area (Å²) in [6.45, 7) is 6.98. The average molecular weight is 413 g/mol. The molecule has 1 aliphatic heterocycles. The molecule has 8 heteroatoms. The van der Waals surface area contributed by atoms with E-state index in [-0.39, 0.29) is 17.8 Å². The van der Waals surface area contributed by atoms with E-state index in [4.69, 9.17) is 0 Å². The zero-order valence-electron chi connectivity index (χ0n) is 17.5. The summed E-state index contributed by atoms with van der Waals surface area (Å²) in [5, 5.41) is 9.51. The molecule has 0 saturated carbocycles. The van der Waals surface area contributed by atoms with E-state index >= 15 is 0 Å². The molecule has 1 aliphatic rings. The fraction of sp³-hybridized carbons (Fsp3) is 0.409. The number of guanidine groups is 1. The molecule has 1 saturated heterocycles. The van der Waals surface area contributed by atoms with Gasteiger partial charge in [0.1, 0.15) is 0 Å². The van der Waals surface area contributed by atoms with Crippen LogP contribution in [0.2, 0.25) is 0 Å². The van der Waals surface area contributed by atoms with Gasteiger partial charge in [0, 0.05) is 44.0 Å². The van der Waals surface area contributed by atoms with Crippen LogP contribution in [0, 0.1) is 12.7 Å². The van der Waals surface area contributed by atoms with Gasteiger partial charge in [0.2, 0.25) is 0 Å². The molecule has 3 N–H and O–H groups in total. The Hall–Kier alpha value is -3.16. The number of nitrogens with one attached hydrogen (secondary N) is 3. The predicted molar refractivity (Wildman–Crippen MR) is 117 cm³/mol.